The van der Waals surface area contributed by atoms with Crippen LogP contribution in [0.2, 0.25) is 0 Å². The molecule has 2 nitrogen and oxygen atoms in total. The van der Waals surface area contributed by atoms with Gasteiger partial charge in [-0.15, -0.1) is 11.3 Å². The molecule has 2 aromatic rings. The van der Waals surface area contributed by atoms with E-state index in [1.54, 1.807) is 12.1 Å². The molecule has 1 amide bonds. The van der Waals surface area contributed by atoms with Crippen molar-refractivity contribution < 1.29 is 9.18 Å². The lowest BCUT2D eigenvalue weighted by Gasteiger charge is -2.31. The second kappa shape index (κ2) is 5.89. The summed E-state index contributed by atoms with van der Waals surface area (Å²) in [6.07, 6.45) is 3.94. The molecule has 0 saturated heterocycles. The molecule has 0 radical (unpaired) electrons. The molecule has 5 heteroatoms. The minimum atomic E-state index is -0.367. The van der Waals surface area contributed by atoms with Crippen molar-refractivity contribution in [2.45, 2.75) is 31.2 Å². The minimum absolute atomic E-state index is 0.0666. The van der Waals surface area contributed by atoms with E-state index in [4.69, 9.17) is 0 Å². The average Bonchev–Trinajstić information content (AvgIpc) is 3.09. The summed E-state index contributed by atoms with van der Waals surface area (Å²) in [5.74, 6) is -0.317. The first-order chi connectivity index (χ1) is 10.1. The van der Waals surface area contributed by atoms with Crippen molar-refractivity contribution in [1.82, 2.24) is 5.32 Å². The van der Waals surface area contributed by atoms with E-state index in [9.17, 15) is 9.18 Å². The quantitative estimate of drug-likeness (QED) is 0.825. The van der Waals surface area contributed by atoms with Gasteiger partial charge in [-0.2, -0.15) is 0 Å². The molecular formula is C16H15BrFNOS. The summed E-state index contributed by atoms with van der Waals surface area (Å²) in [5.41, 5.74) is 0.622. The zero-order valence-corrected chi connectivity index (χ0v) is 13.8. The Morgan fingerprint density at radius 3 is 2.43 bits per heavy atom. The van der Waals surface area contributed by atoms with Gasteiger partial charge < -0.3 is 5.32 Å². The third-order valence-corrected chi connectivity index (χ3v) is 5.87. The second-order valence-electron chi connectivity index (χ2n) is 5.35. The van der Waals surface area contributed by atoms with E-state index >= 15 is 0 Å². The maximum Gasteiger partial charge on any atom is 0.263 e. The smallest absolute Gasteiger partial charge is 0.263 e. The predicted molar refractivity (Wildman–Crippen MR) is 86.0 cm³/mol. The molecule has 0 spiro atoms. The Hall–Kier alpha value is -1.20. The van der Waals surface area contributed by atoms with E-state index in [1.807, 2.05) is 11.4 Å². The Bertz CT molecular complexity index is 647. The number of amides is 1. The fraction of sp³-hybridized carbons (Fsp3) is 0.312. The van der Waals surface area contributed by atoms with Crippen molar-refractivity contribution in [3.05, 3.63) is 56.4 Å². The highest BCUT2D eigenvalue weighted by molar-refractivity contribution is 9.10. The minimum Gasteiger partial charge on any atom is -0.342 e. The van der Waals surface area contributed by atoms with Crippen LogP contribution < -0.4 is 5.32 Å². The van der Waals surface area contributed by atoms with Crippen LogP contribution in [0, 0.1) is 5.82 Å². The first-order valence-corrected chi connectivity index (χ1v) is 8.60. The Kier molecular flexibility index (Phi) is 4.13. The summed E-state index contributed by atoms with van der Waals surface area (Å²) in [6.45, 7) is 0. The molecule has 1 heterocycles. The molecule has 3 rings (SSSR count). The van der Waals surface area contributed by atoms with Crippen LogP contribution in [0.15, 0.2) is 40.2 Å². The average molecular weight is 368 g/mol. The highest BCUT2D eigenvalue weighted by Gasteiger charge is 2.37. The SMILES string of the molecule is O=C(NC1(c2ccc(F)cc2)CCCC1)c1sccc1Br. The zero-order chi connectivity index (χ0) is 14.9. The van der Waals surface area contributed by atoms with Crippen LogP contribution in [0.5, 0.6) is 0 Å². The summed E-state index contributed by atoms with van der Waals surface area (Å²) in [4.78, 5) is 13.2. The zero-order valence-electron chi connectivity index (χ0n) is 11.4. The van der Waals surface area contributed by atoms with Gasteiger partial charge in [-0.05, 0) is 57.9 Å². The van der Waals surface area contributed by atoms with Crippen LogP contribution in [-0.2, 0) is 5.54 Å². The molecule has 1 fully saturated rings. The highest BCUT2D eigenvalue weighted by atomic mass is 79.9. The molecule has 1 aromatic heterocycles. The molecule has 21 heavy (non-hydrogen) atoms. The third kappa shape index (κ3) is 2.90. The van der Waals surface area contributed by atoms with Gasteiger partial charge in [0.15, 0.2) is 0 Å². The number of hydrogen-bond donors (Lipinski definition) is 1. The van der Waals surface area contributed by atoms with E-state index < -0.39 is 0 Å². The molecule has 0 bridgehead atoms. The summed E-state index contributed by atoms with van der Waals surface area (Å²) >= 11 is 4.82. The van der Waals surface area contributed by atoms with Gasteiger partial charge in [-0.3, -0.25) is 4.79 Å². The number of carbonyl (C=O) groups is 1. The molecule has 1 aliphatic carbocycles. The molecule has 0 atom stereocenters. The van der Waals surface area contributed by atoms with Crippen molar-refractivity contribution in [3.63, 3.8) is 0 Å². The summed E-state index contributed by atoms with van der Waals surface area (Å²) in [7, 11) is 0. The number of thiophene rings is 1. The van der Waals surface area contributed by atoms with Crippen molar-refractivity contribution in [3.8, 4) is 0 Å². The second-order valence-corrected chi connectivity index (χ2v) is 7.12. The fourth-order valence-corrected chi connectivity index (χ4v) is 4.41. The topological polar surface area (TPSA) is 29.1 Å². The Balaban J connectivity index is 1.90. The lowest BCUT2D eigenvalue weighted by Crippen LogP contribution is -2.43. The van der Waals surface area contributed by atoms with Crippen LogP contribution >= 0.6 is 27.3 Å². The molecule has 1 saturated carbocycles. The van der Waals surface area contributed by atoms with Crippen LogP contribution in [0.3, 0.4) is 0 Å². The molecule has 1 aliphatic rings. The molecule has 1 aromatic carbocycles. The molecule has 110 valence electrons. The Morgan fingerprint density at radius 1 is 1.19 bits per heavy atom. The number of rotatable bonds is 3. The van der Waals surface area contributed by atoms with Crippen molar-refractivity contribution in [2.24, 2.45) is 0 Å². The normalized spacial score (nSPS) is 16.9. The van der Waals surface area contributed by atoms with Crippen LogP contribution in [-0.4, -0.2) is 5.91 Å². The maximum atomic E-state index is 13.1. The van der Waals surface area contributed by atoms with Gasteiger partial charge in [0.05, 0.1) is 5.54 Å². The van der Waals surface area contributed by atoms with Gasteiger partial charge >= 0.3 is 0 Å². The molecule has 0 unspecified atom stereocenters. The van der Waals surface area contributed by atoms with Crippen molar-refractivity contribution >= 4 is 33.2 Å². The van der Waals surface area contributed by atoms with Gasteiger partial charge in [0.1, 0.15) is 10.7 Å². The van der Waals surface area contributed by atoms with E-state index in [-0.39, 0.29) is 17.3 Å². The first-order valence-electron chi connectivity index (χ1n) is 6.92. The van der Waals surface area contributed by atoms with E-state index in [0.717, 1.165) is 35.7 Å². The van der Waals surface area contributed by atoms with E-state index in [1.165, 1.54) is 23.5 Å². The highest BCUT2D eigenvalue weighted by Crippen LogP contribution is 2.39. The third-order valence-electron chi connectivity index (χ3n) is 4.03. The van der Waals surface area contributed by atoms with Crippen LogP contribution in [0.1, 0.15) is 40.9 Å². The first kappa shape index (κ1) is 14.7. The maximum absolute atomic E-state index is 13.1. The number of nitrogens with one attached hydrogen (secondary N) is 1. The van der Waals surface area contributed by atoms with Gasteiger partial charge in [0.25, 0.3) is 5.91 Å². The largest absolute Gasteiger partial charge is 0.342 e. The van der Waals surface area contributed by atoms with Crippen molar-refractivity contribution in [2.75, 3.05) is 0 Å². The van der Waals surface area contributed by atoms with Gasteiger partial charge in [-0.1, -0.05) is 25.0 Å². The number of carbonyl (C=O) groups excluding carboxylic acids is 1. The Labute approximate surface area is 135 Å². The van der Waals surface area contributed by atoms with Crippen LogP contribution in [0.25, 0.3) is 0 Å². The predicted octanol–water partition coefficient (Wildman–Crippen LogP) is 4.85. The van der Waals surface area contributed by atoms with Crippen LogP contribution in [0.4, 0.5) is 4.39 Å². The fourth-order valence-electron chi connectivity index (χ4n) is 2.96. The van der Waals surface area contributed by atoms with Gasteiger partial charge in [-0.25, -0.2) is 4.39 Å². The molecule has 0 aliphatic heterocycles. The van der Waals surface area contributed by atoms with Gasteiger partial charge in [0, 0.05) is 4.47 Å². The van der Waals surface area contributed by atoms with Crippen molar-refractivity contribution in [1.29, 1.82) is 0 Å². The van der Waals surface area contributed by atoms with E-state index in [2.05, 4.69) is 21.2 Å². The lowest BCUT2D eigenvalue weighted by atomic mass is 9.88. The Morgan fingerprint density at radius 2 is 1.86 bits per heavy atom. The van der Waals surface area contributed by atoms with Gasteiger partial charge in [0.2, 0.25) is 0 Å². The number of hydrogen-bond acceptors (Lipinski definition) is 2. The summed E-state index contributed by atoms with van der Waals surface area (Å²) in [6, 6.07) is 8.36. The summed E-state index contributed by atoms with van der Waals surface area (Å²) in [5, 5.41) is 5.08. The summed E-state index contributed by atoms with van der Waals surface area (Å²) < 4.78 is 14.0. The number of benzene rings is 1. The standard InChI is InChI=1S/C16H15BrFNOS/c17-13-7-10-21-14(13)15(20)19-16(8-1-2-9-16)11-3-5-12(18)6-4-11/h3-7,10H,1-2,8-9H2,(H,19,20). The lowest BCUT2D eigenvalue weighted by molar-refractivity contribution is 0.0901. The monoisotopic (exact) mass is 367 g/mol. The number of halogens is 2. The molecular weight excluding hydrogens is 353 g/mol. The van der Waals surface area contributed by atoms with E-state index in [0.29, 0.717) is 4.88 Å². The molecule has 1 N–H and O–H groups in total.